The van der Waals surface area contributed by atoms with E-state index >= 15 is 0 Å². The third-order valence-electron chi connectivity index (χ3n) is 3.33. The predicted octanol–water partition coefficient (Wildman–Crippen LogP) is 0.269. The number of urea groups is 1. The molecule has 1 aliphatic heterocycles. The fraction of sp³-hybridized carbons (Fsp3) is 0.818. The summed E-state index contributed by atoms with van der Waals surface area (Å²) in [6.07, 6.45) is 2.13. The van der Waals surface area contributed by atoms with Gasteiger partial charge in [0, 0.05) is 19.3 Å². The summed E-state index contributed by atoms with van der Waals surface area (Å²) < 4.78 is 0. The van der Waals surface area contributed by atoms with Gasteiger partial charge < -0.3 is 15.1 Å². The quantitative estimate of drug-likeness (QED) is 0.769. The number of carbonyl (C=O) groups excluding carboxylic acids is 1. The zero-order valence-electron chi connectivity index (χ0n) is 10.3. The number of likely N-dealkylation sites (N-methyl/N-ethyl adjacent to an activating group) is 1. The number of carbonyl (C=O) groups is 2. The number of aliphatic carboxylic acids is 1. The molecular formula is C11H18N2O4S. The van der Waals surface area contributed by atoms with E-state index in [1.54, 1.807) is 18.8 Å². The first-order valence-electron chi connectivity index (χ1n) is 6.05. The minimum Gasteiger partial charge on any atom is -0.480 e. The largest absolute Gasteiger partial charge is 0.480 e. The summed E-state index contributed by atoms with van der Waals surface area (Å²) >= 11 is 1.56. The molecule has 1 aliphatic carbocycles. The number of carboxylic acid groups (broad SMARTS) is 1. The van der Waals surface area contributed by atoms with Crippen molar-refractivity contribution in [3.05, 3.63) is 0 Å². The summed E-state index contributed by atoms with van der Waals surface area (Å²) in [6.45, 7) is 0.110. The van der Waals surface area contributed by atoms with E-state index in [0.29, 0.717) is 11.7 Å². The van der Waals surface area contributed by atoms with Gasteiger partial charge in [-0.2, -0.15) is 0 Å². The highest BCUT2D eigenvalue weighted by molar-refractivity contribution is 8.00. The van der Waals surface area contributed by atoms with Gasteiger partial charge in [0.2, 0.25) is 0 Å². The van der Waals surface area contributed by atoms with Gasteiger partial charge in [-0.1, -0.05) is 0 Å². The zero-order chi connectivity index (χ0) is 13.3. The molecule has 2 aliphatic rings. The van der Waals surface area contributed by atoms with Crippen LogP contribution >= 0.6 is 11.8 Å². The second-order valence-corrected chi connectivity index (χ2v) is 5.90. The molecule has 2 fully saturated rings. The van der Waals surface area contributed by atoms with E-state index in [-0.39, 0.29) is 24.6 Å². The third-order valence-corrected chi connectivity index (χ3v) is 4.79. The lowest BCUT2D eigenvalue weighted by Crippen LogP contribution is -2.51. The SMILES string of the molecule is CN(CCO)C(=O)N1C(C(=O)O)CSC1C1CC1. The molecule has 1 heterocycles. The third kappa shape index (κ3) is 2.56. The van der Waals surface area contributed by atoms with Crippen LogP contribution in [0.1, 0.15) is 12.8 Å². The Kier molecular flexibility index (Phi) is 4.01. The van der Waals surface area contributed by atoms with Crippen LogP contribution in [0.15, 0.2) is 0 Å². The summed E-state index contributed by atoms with van der Waals surface area (Å²) in [5, 5.41) is 18.0. The monoisotopic (exact) mass is 274 g/mol. The summed E-state index contributed by atoms with van der Waals surface area (Å²) in [4.78, 5) is 26.3. The lowest BCUT2D eigenvalue weighted by molar-refractivity contribution is -0.141. The summed E-state index contributed by atoms with van der Waals surface area (Å²) in [5.74, 6) is -0.0583. The van der Waals surface area contributed by atoms with Crippen molar-refractivity contribution in [1.29, 1.82) is 0 Å². The van der Waals surface area contributed by atoms with Gasteiger partial charge in [0.25, 0.3) is 0 Å². The molecule has 2 N–H and O–H groups in total. The maximum Gasteiger partial charge on any atom is 0.327 e. The lowest BCUT2D eigenvalue weighted by atomic mass is 10.2. The van der Waals surface area contributed by atoms with Crippen molar-refractivity contribution in [2.75, 3.05) is 26.0 Å². The van der Waals surface area contributed by atoms with E-state index in [4.69, 9.17) is 5.11 Å². The highest BCUT2D eigenvalue weighted by Gasteiger charge is 2.48. The van der Waals surface area contributed by atoms with Crippen LogP contribution in [0.25, 0.3) is 0 Å². The first kappa shape index (κ1) is 13.5. The highest BCUT2D eigenvalue weighted by atomic mass is 32.2. The Hall–Kier alpha value is -0.950. The summed E-state index contributed by atoms with van der Waals surface area (Å²) in [6, 6.07) is -1.03. The molecule has 0 spiro atoms. The molecule has 2 amide bonds. The van der Waals surface area contributed by atoms with Crippen molar-refractivity contribution >= 4 is 23.8 Å². The normalized spacial score (nSPS) is 27.3. The Balaban J connectivity index is 2.12. The number of rotatable bonds is 4. The molecule has 6 nitrogen and oxygen atoms in total. The number of nitrogens with zero attached hydrogens (tertiary/aromatic N) is 2. The molecular weight excluding hydrogens is 256 g/mol. The lowest BCUT2D eigenvalue weighted by Gasteiger charge is -2.31. The number of thioether (sulfide) groups is 1. The molecule has 0 bridgehead atoms. The van der Waals surface area contributed by atoms with Gasteiger partial charge in [-0.15, -0.1) is 11.8 Å². The van der Waals surface area contributed by atoms with Gasteiger partial charge >= 0.3 is 12.0 Å². The summed E-state index contributed by atoms with van der Waals surface area (Å²) in [5.41, 5.74) is 0. The average Bonchev–Trinajstić information content (AvgIpc) is 3.07. The molecule has 18 heavy (non-hydrogen) atoms. The minimum atomic E-state index is -0.948. The van der Waals surface area contributed by atoms with Gasteiger partial charge in [0.1, 0.15) is 6.04 Å². The van der Waals surface area contributed by atoms with Crippen LogP contribution in [0.5, 0.6) is 0 Å². The Morgan fingerprint density at radius 2 is 2.11 bits per heavy atom. The van der Waals surface area contributed by atoms with Gasteiger partial charge in [-0.3, -0.25) is 4.90 Å². The van der Waals surface area contributed by atoms with Crippen molar-refractivity contribution in [2.24, 2.45) is 5.92 Å². The summed E-state index contributed by atoms with van der Waals surface area (Å²) in [7, 11) is 1.59. The van der Waals surface area contributed by atoms with E-state index in [0.717, 1.165) is 12.8 Å². The van der Waals surface area contributed by atoms with Crippen molar-refractivity contribution < 1.29 is 19.8 Å². The van der Waals surface area contributed by atoms with E-state index in [1.807, 2.05) is 0 Å². The topological polar surface area (TPSA) is 81.1 Å². The van der Waals surface area contributed by atoms with Gasteiger partial charge in [-0.25, -0.2) is 9.59 Å². The Bertz CT molecular complexity index is 348. The molecule has 2 unspecified atom stereocenters. The molecule has 1 saturated heterocycles. The van der Waals surface area contributed by atoms with Crippen LogP contribution in [0, 0.1) is 5.92 Å². The highest BCUT2D eigenvalue weighted by Crippen LogP contribution is 2.45. The van der Waals surface area contributed by atoms with Crippen molar-refractivity contribution in [1.82, 2.24) is 9.80 Å². The molecule has 0 radical (unpaired) electrons. The zero-order valence-corrected chi connectivity index (χ0v) is 11.1. The molecule has 2 atom stereocenters. The molecule has 102 valence electrons. The average molecular weight is 274 g/mol. The van der Waals surface area contributed by atoms with Gasteiger partial charge in [0.05, 0.1) is 12.0 Å². The number of aliphatic hydroxyl groups excluding tert-OH is 1. The number of carboxylic acids is 1. The van der Waals surface area contributed by atoms with Crippen LogP contribution in [-0.4, -0.2) is 69.4 Å². The predicted molar refractivity (Wildman–Crippen MR) is 67.3 cm³/mol. The molecule has 0 aromatic heterocycles. The standard InChI is InChI=1S/C11H18N2O4S/c1-12(4-5-14)11(17)13-8(10(15)16)6-18-9(13)7-2-3-7/h7-9,14H,2-6H2,1H3,(H,15,16). The smallest absolute Gasteiger partial charge is 0.327 e. The van der Waals surface area contributed by atoms with E-state index in [2.05, 4.69) is 0 Å². The van der Waals surface area contributed by atoms with Crippen LogP contribution in [0.4, 0.5) is 4.79 Å². The second kappa shape index (κ2) is 5.36. The number of hydrogen-bond donors (Lipinski definition) is 2. The molecule has 7 heteroatoms. The Morgan fingerprint density at radius 1 is 1.44 bits per heavy atom. The molecule has 1 saturated carbocycles. The molecule has 2 rings (SSSR count). The van der Waals surface area contributed by atoms with Crippen LogP contribution in [0.3, 0.4) is 0 Å². The Morgan fingerprint density at radius 3 is 2.61 bits per heavy atom. The first-order chi connectivity index (χ1) is 8.56. The second-order valence-electron chi connectivity index (χ2n) is 4.75. The van der Waals surface area contributed by atoms with Crippen molar-refractivity contribution in [2.45, 2.75) is 24.3 Å². The van der Waals surface area contributed by atoms with Crippen molar-refractivity contribution in [3.63, 3.8) is 0 Å². The number of aliphatic hydroxyl groups is 1. The fourth-order valence-electron chi connectivity index (χ4n) is 2.15. The molecule has 0 aromatic carbocycles. The number of hydrogen-bond acceptors (Lipinski definition) is 4. The van der Waals surface area contributed by atoms with E-state index < -0.39 is 12.0 Å². The van der Waals surface area contributed by atoms with Crippen LogP contribution < -0.4 is 0 Å². The van der Waals surface area contributed by atoms with E-state index in [1.165, 1.54) is 9.80 Å². The van der Waals surface area contributed by atoms with Crippen LogP contribution in [-0.2, 0) is 4.79 Å². The fourth-order valence-corrected chi connectivity index (χ4v) is 3.77. The Labute approximate surface area is 110 Å². The maximum atomic E-state index is 12.3. The minimum absolute atomic E-state index is 0.0141. The van der Waals surface area contributed by atoms with Gasteiger partial charge in [-0.05, 0) is 18.8 Å². The van der Waals surface area contributed by atoms with E-state index in [9.17, 15) is 14.7 Å². The van der Waals surface area contributed by atoms with Gasteiger partial charge in [0.15, 0.2) is 0 Å². The first-order valence-corrected chi connectivity index (χ1v) is 7.10. The van der Waals surface area contributed by atoms with Crippen LogP contribution in [0.2, 0.25) is 0 Å². The number of amides is 2. The molecule has 0 aromatic rings. The van der Waals surface area contributed by atoms with Crippen molar-refractivity contribution in [3.8, 4) is 0 Å². The maximum absolute atomic E-state index is 12.3.